The molecular formula is C12H13N3O5. The van der Waals surface area contributed by atoms with E-state index >= 15 is 0 Å². The smallest absolute Gasteiger partial charge is 0.328 e. The first kappa shape index (κ1) is 13.9. The number of nitrogens with one attached hydrogen (secondary N) is 1. The fourth-order valence-electron chi connectivity index (χ4n) is 1.98. The van der Waals surface area contributed by atoms with Gasteiger partial charge in [-0.25, -0.2) is 4.79 Å². The molecule has 0 bridgehead atoms. The number of likely N-dealkylation sites (N-methyl/N-ethyl adjacent to an activating group) is 1. The van der Waals surface area contributed by atoms with Gasteiger partial charge < -0.3 is 5.11 Å². The first-order valence-electron chi connectivity index (χ1n) is 6.02. The number of imide groups is 1. The van der Waals surface area contributed by atoms with E-state index in [1.54, 1.807) is 6.92 Å². The molecule has 0 saturated carbocycles. The van der Waals surface area contributed by atoms with Crippen LogP contribution >= 0.6 is 0 Å². The molecule has 2 amide bonds. The van der Waals surface area contributed by atoms with Gasteiger partial charge in [0.25, 0.3) is 17.4 Å². The molecule has 1 aromatic heterocycles. The lowest BCUT2D eigenvalue weighted by atomic mass is 10.1. The molecule has 0 atom stereocenters. The molecule has 1 aromatic rings. The maximum atomic E-state index is 12.0. The van der Waals surface area contributed by atoms with Crippen LogP contribution in [0.5, 0.6) is 0 Å². The second kappa shape index (κ2) is 5.25. The predicted molar refractivity (Wildman–Crippen MR) is 68.8 cm³/mol. The van der Waals surface area contributed by atoms with Gasteiger partial charge in [-0.05, 0) is 6.92 Å². The van der Waals surface area contributed by atoms with E-state index in [1.807, 2.05) is 0 Å². The number of aromatic nitrogens is 2. The van der Waals surface area contributed by atoms with Crippen molar-refractivity contribution in [3.05, 3.63) is 38.7 Å². The number of carbonyl (C=O) groups excluding carboxylic acids is 2. The van der Waals surface area contributed by atoms with Gasteiger partial charge in [0.15, 0.2) is 0 Å². The number of hydrogen-bond donors (Lipinski definition) is 2. The van der Waals surface area contributed by atoms with Crippen LogP contribution in [0.1, 0.15) is 12.5 Å². The molecule has 8 heteroatoms. The Balaban J connectivity index is 2.54. The second-order valence-electron chi connectivity index (χ2n) is 4.16. The number of nitrogens with zero attached hydrogens (tertiary/aromatic N) is 2. The minimum atomic E-state index is -0.741. The van der Waals surface area contributed by atoms with E-state index in [1.165, 1.54) is 6.20 Å². The number of aromatic amines is 1. The minimum Gasteiger partial charge on any atom is -0.395 e. The topological polar surface area (TPSA) is 112 Å². The van der Waals surface area contributed by atoms with Crippen molar-refractivity contribution in [2.24, 2.45) is 0 Å². The molecule has 0 radical (unpaired) electrons. The summed E-state index contributed by atoms with van der Waals surface area (Å²) in [7, 11) is 0. The lowest BCUT2D eigenvalue weighted by Crippen LogP contribution is -2.34. The average Bonchev–Trinajstić information content (AvgIpc) is 2.68. The molecule has 106 valence electrons. The quantitative estimate of drug-likeness (QED) is 0.638. The molecule has 2 rings (SSSR count). The summed E-state index contributed by atoms with van der Waals surface area (Å²) in [4.78, 5) is 49.9. The lowest BCUT2D eigenvalue weighted by molar-refractivity contribution is -0.136. The monoisotopic (exact) mass is 279 g/mol. The first-order valence-corrected chi connectivity index (χ1v) is 6.02. The third-order valence-electron chi connectivity index (χ3n) is 2.97. The Morgan fingerprint density at radius 2 is 1.95 bits per heavy atom. The molecule has 8 nitrogen and oxygen atoms in total. The van der Waals surface area contributed by atoms with Gasteiger partial charge in [-0.3, -0.25) is 28.8 Å². The van der Waals surface area contributed by atoms with Gasteiger partial charge in [0.05, 0.1) is 24.3 Å². The molecule has 20 heavy (non-hydrogen) atoms. The molecule has 0 aliphatic carbocycles. The van der Waals surface area contributed by atoms with Crippen LogP contribution < -0.4 is 11.2 Å². The van der Waals surface area contributed by atoms with Gasteiger partial charge in [0, 0.05) is 18.8 Å². The predicted octanol–water partition coefficient (Wildman–Crippen LogP) is -1.70. The normalized spacial score (nSPS) is 14.9. The third kappa shape index (κ3) is 2.21. The van der Waals surface area contributed by atoms with Crippen molar-refractivity contribution in [3.63, 3.8) is 0 Å². The summed E-state index contributed by atoms with van der Waals surface area (Å²) in [6.07, 6.45) is 2.25. The average molecular weight is 279 g/mol. The van der Waals surface area contributed by atoms with Gasteiger partial charge >= 0.3 is 5.69 Å². The largest absolute Gasteiger partial charge is 0.395 e. The highest BCUT2D eigenvalue weighted by Gasteiger charge is 2.32. The zero-order valence-corrected chi connectivity index (χ0v) is 10.8. The number of H-pyrrole nitrogens is 1. The van der Waals surface area contributed by atoms with Crippen molar-refractivity contribution in [3.8, 4) is 0 Å². The van der Waals surface area contributed by atoms with Crippen molar-refractivity contribution in [1.29, 1.82) is 0 Å². The zero-order chi connectivity index (χ0) is 14.9. The summed E-state index contributed by atoms with van der Waals surface area (Å²) in [6.45, 7) is 1.53. The first-order chi connectivity index (χ1) is 9.49. The molecule has 0 saturated heterocycles. The zero-order valence-electron chi connectivity index (χ0n) is 10.8. The molecule has 0 aromatic carbocycles. The summed E-state index contributed by atoms with van der Waals surface area (Å²) < 4.78 is 1.07. The van der Waals surface area contributed by atoms with E-state index in [2.05, 4.69) is 4.98 Å². The van der Waals surface area contributed by atoms with Gasteiger partial charge in [0.2, 0.25) is 0 Å². The molecule has 0 unspecified atom stereocenters. The third-order valence-corrected chi connectivity index (χ3v) is 2.97. The Morgan fingerprint density at radius 1 is 1.25 bits per heavy atom. The summed E-state index contributed by atoms with van der Waals surface area (Å²) in [5.74, 6) is -1.07. The highest BCUT2D eigenvalue weighted by atomic mass is 16.3. The van der Waals surface area contributed by atoms with Crippen molar-refractivity contribution >= 4 is 17.4 Å². The Morgan fingerprint density at radius 3 is 2.50 bits per heavy atom. The SMILES string of the molecule is CCN1C(=O)C=C(c2cn(CCO)c(=O)[nH]c2=O)C1=O. The van der Waals surface area contributed by atoms with Crippen LogP contribution in [0, 0.1) is 0 Å². The molecule has 2 N–H and O–H groups in total. The van der Waals surface area contributed by atoms with Crippen LogP contribution in [0.3, 0.4) is 0 Å². The fourth-order valence-corrected chi connectivity index (χ4v) is 1.98. The molecule has 0 spiro atoms. The van der Waals surface area contributed by atoms with E-state index < -0.39 is 23.1 Å². The summed E-state index contributed by atoms with van der Waals surface area (Å²) >= 11 is 0. The number of aliphatic hydroxyl groups is 1. The highest BCUT2D eigenvalue weighted by molar-refractivity contribution is 6.33. The van der Waals surface area contributed by atoms with Crippen molar-refractivity contribution in [2.75, 3.05) is 13.2 Å². The Kier molecular flexibility index (Phi) is 3.66. The van der Waals surface area contributed by atoms with Gasteiger partial charge in [-0.2, -0.15) is 0 Å². The van der Waals surface area contributed by atoms with E-state index in [-0.39, 0.29) is 30.8 Å². The van der Waals surface area contributed by atoms with Crippen molar-refractivity contribution in [2.45, 2.75) is 13.5 Å². The summed E-state index contributed by atoms with van der Waals surface area (Å²) in [5.41, 5.74) is -1.54. The van der Waals surface area contributed by atoms with Gasteiger partial charge in [0.1, 0.15) is 0 Å². The maximum absolute atomic E-state index is 12.0. The lowest BCUT2D eigenvalue weighted by Gasteiger charge is -2.11. The molecule has 2 heterocycles. The minimum absolute atomic E-state index is 0.0183. The number of carbonyl (C=O) groups is 2. The van der Waals surface area contributed by atoms with Crippen LogP contribution in [0.25, 0.3) is 5.57 Å². The Labute approximate surface area is 113 Å². The second-order valence-corrected chi connectivity index (χ2v) is 4.16. The molecule has 1 aliphatic heterocycles. The molecular weight excluding hydrogens is 266 g/mol. The Bertz CT molecular complexity index is 713. The van der Waals surface area contributed by atoms with E-state index in [9.17, 15) is 19.2 Å². The summed E-state index contributed by atoms with van der Waals surface area (Å²) in [5, 5.41) is 8.85. The van der Waals surface area contributed by atoms with E-state index in [0.29, 0.717) is 0 Å². The van der Waals surface area contributed by atoms with Crippen molar-refractivity contribution in [1.82, 2.24) is 14.5 Å². The van der Waals surface area contributed by atoms with Crippen LogP contribution in [-0.4, -0.2) is 44.5 Å². The van der Waals surface area contributed by atoms with Crippen LogP contribution in [-0.2, 0) is 16.1 Å². The van der Waals surface area contributed by atoms with E-state index in [0.717, 1.165) is 15.5 Å². The Hall–Kier alpha value is -2.48. The van der Waals surface area contributed by atoms with Crippen molar-refractivity contribution < 1.29 is 14.7 Å². The number of aliphatic hydroxyl groups excluding tert-OH is 1. The number of rotatable bonds is 4. The number of hydrogen-bond acceptors (Lipinski definition) is 5. The van der Waals surface area contributed by atoms with Crippen LogP contribution in [0.4, 0.5) is 0 Å². The molecule has 1 aliphatic rings. The van der Waals surface area contributed by atoms with Crippen LogP contribution in [0.15, 0.2) is 21.9 Å². The molecule has 0 fully saturated rings. The van der Waals surface area contributed by atoms with Crippen LogP contribution in [0.2, 0.25) is 0 Å². The standard InChI is InChI=1S/C12H13N3O5/c1-2-15-9(17)5-7(11(15)19)8-6-14(3-4-16)12(20)13-10(8)18/h5-6,16H,2-4H2,1H3,(H,13,18,20). The van der Waals surface area contributed by atoms with E-state index in [4.69, 9.17) is 5.11 Å². The number of amides is 2. The maximum Gasteiger partial charge on any atom is 0.328 e. The fraction of sp³-hybridized carbons (Fsp3) is 0.333. The highest BCUT2D eigenvalue weighted by Crippen LogP contribution is 2.20. The van der Waals surface area contributed by atoms with Gasteiger partial charge in [-0.15, -0.1) is 0 Å². The van der Waals surface area contributed by atoms with Gasteiger partial charge in [-0.1, -0.05) is 0 Å². The summed E-state index contributed by atoms with van der Waals surface area (Å²) in [6, 6.07) is 0.